The van der Waals surface area contributed by atoms with Gasteiger partial charge >= 0.3 is 6.03 Å². The molecular weight excluding hydrogens is 222 g/mol. The minimum Gasteiger partial charge on any atom is -0.331 e. The lowest BCUT2D eigenvalue weighted by molar-refractivity contribution is 0.173. The first kappa shape index (κ1) is 11.4. The summed E-state index contributed by atoms with van der Waals surface area (Å²) in [5.74, 6) is 0.753. The lowest BCUT2D eigenvalue weighted by Crippen LogP contribution is -2.43. The summed E-state index contributed by atoms with van der Waals surface area (Å²) in [7, 11) is 0. The highest BCUT2D eigenvalue weighted by Crippen LogP contribution is 2.15. The van der Waals surface area contributed by atoms with E-state index in [0.717, 1.165) is 36.9 Å². The van der Waals surface area contributed by atoms with Gasteiger partial charge in [-0.25, -0.2) is 9.78 Å². The van der Waals surface area contributed by atoms with Crippen molar-refractivity contribution in [2.75, 3.05) is 13.1 Å². The van der Waals surface area contributed by atoms with Crippen molar-refractivity contribution in [3.05, 3.63) is 16.6 Å². The second-order valence-electron chi connectivity index (χ2n) is 4.25. The predicted octanol–water partition coefficient (Wildman–Crippen LogP) is 2.08. The van der Waals surface area contributed by atoms with E-state index in [2.05, 4.69) is 17.2 Å². The zero-order valence-electron chi connectivity index (χ0n) is 9.48. The Bertz CT molecular complexity index is 331. The predicted molar refractivity (Wildman–Crippen MR) is 64.3 cm³/mol. The van der Waals surface area contributed by atoms with Gasteiger partial charge in [0.25, 0.3) is 0 Å². The summed E-state index contributed by atoms with van der Waals surface area (Å²) in [6.45, 7) is 4.54. The molecule has 1 aromatic heterocycles. The van der Waals surface area contributed by atoms with E-state index >= 15 is 0 Å². The quantitative estimate of drug-likeness (QED) is 0.859. The molecule has 1 N–H and O–H groups in total. The first-order valence-corrected chi connectivity index (χ1v) is 6.55. The van der Waals surface area contributed by atoms with E-state index in [1.54, 1.807) is 17.5 Å². The van der Waals surface area contributed by atoms with Crippen LogP contribution in [0.1, 0.15) is 24.8 Å². The Morgan fingerprint density at radius 2 is 2.38 bits per heavy atom. The summed E-state index contributed by atoms with van der Waals surface area (Å²) >= 11 is 1.57. The van der Waals surface area contributed by atoms with Crippen LogP contribution in [-0.4, -0.2) is 29.0 Å². The van der Waals surface area contributed by atoms with E-state index in [4.69, 9.17) is 0 Å². The summed E-state index contributed by atoms with van der Waals surface area (Å²) in [4.78, 5) is 17.8. The van der Waals surface area contributed by atoms with Gasteiger partial charge < -0.3 is 10.2 Å². The van der Waals surface area contributed by atoms with Gasteiger partial charge in [0.15, 0.2) is 0 Å². The summed E-state index contributed by atoms with van der Waals surface area (Å²) < 4.78 is 0. The van der Waals surface area contributed by atoms with E-state index in [9.17, 15) is 4.79 Å². The molecule has 0 atom stereocenters. The van der Waals surface area contributed by atoms with E-state index < -0.39 is 0 Å². The van der Waals surface area contributed by atoms with Crippen LogP contribution < -0.4 is 5.32 Å². The normalized spacial score (nSPS) is 17.4. The molecule has 0 radical (unpaired) electrons. The second-order valence-corrected chi connectivity index (χ2v) is 5.23. The molecule has 2 heterocycles. The highest BCUT2D eigenvalue weighted by Gasteiger charge is 2.19. The number of carbonyl (C=O) groups is 1. The number of urea groups is 1. The second kappa shape index (κ2) is 5.30. The topological polar surface area (TPSA) is 45.2 Å². The monoisotopic (exact) mass is 239 g/mol. The molecular formula is C11H17N3OS. The third-order valence-electron chi connectivity index (χ3n) is 2.95. The molecule has 2 rings (SSSR count). The maximum atomic E-state index is 11.8. The maximum absolute atomic E-state index is 11.8. The number of nitrogens with zero attached hydrogens (tertiary/aromatic N) is 2. The lowest BCUT2D eigenvalue weighted by Gasteiger charge is -2.30. The fourth-order valence-corrected chi connectivity index (χ4v) is 2.37. The fraction of sp³-hybridized carbons (Fsp3) is 0.636. The van der Waals surface area contributed by atoms with Crippen LogP contribution in [0.4, 0.5) is 4.79 Å². The van der Waals surface area contributed by atoms with Gasteiger partial charge in [0, 0.05) is 24.7 Å². The molecule has 1 saturated heterocycles. The van der Waals surface area contributed by atoms with Crippen molar-refractivity contribution in [3.63, 3.8) is 0 Å². The summed E-state index contributed by atoms with van der Waals surface area (Å²) in [5.41, 5.74) is 0. The summed E-state index contributed by atoms with van der Waals surface area (Å²) in [6, 6.07) is 0.0436. The molecule has 16 heavy (non-hydrogen) atoms. The number of aromatic nitrogens is 1. The molecule has 0 spiro atoms. The van der Waals surface area contributed by atoms with Crippen LogP contribution in [-0.2, 0) is 6.54 Å². The molecule has 4 nitrogen and oxygen atoms in total. The van der Waals surface area contributed by atoms with Crippen LogP contribution in [0.5, 0.6) is 0 Å². The number of hydrogen-bond donors (Lipinski definition) is 1. The highest BCUT2D eigenvalue weighted by molar-refractivity contribution is 7.09. The smallest absolute Gasteiger partial charge is 0.317 e. The number of thiazole rings is 1. The van der Waals surface area contributed by atoms with Gasteiger partial charge in [0.2, 0.25) is 0 Å². The van der Waals surface area contributed by atoms with Gasteiger partial charge in [-0.3, -0.25) is 0 Å². The largest absolute Gasteiger partial charge is 0.331 e. The fourth-order valence-electron chi connectivity index (χ4n) is 1.81. The van der Waals surface area contributed by atoms with Gasteiger partial charge in [-0.2, -0.15) is 0 Å². The maximum Gasteiger partial charge on any atom is 0.317 e. The third-order valence-corrected chi connectivity index (χ3v) is 3.72. The molecule has 5 heteroatoms. The Hall–Kier alpha value is -1.10. The minimum atomic E-state index is 0.0436. The van der Waals surface area contributed by atoms with Crippen molar-refractivity contribution in [1.29, 1.82) is 0 Å². The zero-order chi connectivity index (χ0) is 11.4. The Morgan fingerprint density at radius 3 is 3.00 bits per heavy atom. The standard InChI is InChI=1S/C11H17N3OS/c1-9-2-5-14(6-3-9)11(15)13-8-10-12-4-7-16-10/h4,7,9H,2-3,5-6,8H2,1H3,(H,13,15). The van der Waals surface area contributed by atoms with Crippen LogP contribution in [0.3, 0.4) is 0 Å². The Morgan fingerprint density at radius 1 is 1.62 bits per heavy atom. The van der Waals surface area contributed by atoms with Crippen LogP contribution in [0.25, 0.3) is 0 Å². The molecule has 0 aliphatic carbocycles. The Balaban J connectivity index is 1.75. The molecule has 1 aromatic rings. The molecule has 1 fully saturated rings. The third kappa shape index (κ3) is 2.95. The van der Waals surface area contributed by atoms with Crippen LogP contribution in [0.2, 0.25) is 0 Å². The van der Waals surface area contributed by atoms with Crippen molar-refractivity contribution < 1.29 is 4.79 Å². The van der Waals surface area contributed by atoms with Crippen molar-refractivity contribution in [3.8, 4) is 0 Å². The van der Waals surface area contributed by atoms with Crippen molar-refractivity contribution in [2.45, 2.75) is 26.3 Å². The summed E-state index contributed by atoms with van der Waals surface area (Å²) in [6.07, 6.45) is 3.99. The van der Waals surface area contributed by atoms with Crippen LogP contribution in [0, 0.1) is 5.92 Å². The van der Waals surface area contributed by atoms with Gasteiger partial charge in [-0.1, -0.05) is 6.92 Å². The molecule has 0 saturated carbocycles. The minimum absolute atomic E-state index is 0.0436. The van der Waals surface area contributed by atoms with Gasteiger partial charge in [0.1, 0.15) is 5.01 Å². The average Bonchev–Trinajstić information content (AvgIpc) is 2.80. The number of hydrogen-bond acceptors (Lipinski definition) is 3. The number of carbonyl (C=O) groups excluding carboxylic acids is 1. The molecule has 88 valence electrons. The van der Waals surface area contributed by atoms with Gasteiger partial charge in [-0.15, -0.1) is 11.3 Å². The van der Waals surface area contributed by atoms with Crippen molar-refractivity contribution >= 4 is 17.4 Å². The number of likely N-dealkylation sites (tertiary alicyclic amines) is 1. The first-order chi connectivity index (χ1) is 7.75. The first-order valence-electron chi connectivity index (χ1n) is 5.67. The molecule has 1 aliphatic rings. The molecule has 0 bridgehead atoms. The van der Waals surface area contributed by atoms with Crippen molar-refractivity contribution in [1.82, 2.24) is 15.2 Å². The van der Waals surface area contributed by atoms with Crippen LogP contribution in [0.15, 0.2) is 11.6 Å². The van der Waals surface area contributed by atoms with E-state index in [-0.39, 0.29) is 6.03 Å². The van der Waals surface area contributed by atoms with E-state index in [1.807, 2.05) is 10.3 Å². The van der Waals surface area contributed by atoms with Gasteiger partial charge in [-0.05, 0) is 18.8 Å². The van der Waals surface area contributed by atoms with Crippen molar-refractivity contribution in [2.24, 2.45) is 5.92 Å². The molecule has 2 amide bonds. The Kier molecular flexibility index (Phi) is 3.77. The number of amides is 2. The highest BCUT2D eigenvalue weighted by atomic mass is 32.1. The molecule has 0 unspecified atom stereocenters. The zero-order valence-corrected chi connectivity index (χ0v) is 10.3. The molecule has 0 aromatic carbocycles. The number of nitrogens with one attached hydrogen (secondary N) is 1. The number of piperidine rings is 1. The van der Waals surface area contributed by atoms with Gasteiger partial charge in [0.05, 0.1) is 6.54 Å². The summed E-state index contributed by atoms with van der Waals surface area (Å²) in [5, 5.41) is 5.78. The lowest BCUT2D eigenvalue weighted by atomic mass is 10.00. The number of rotatable bonds is 2. The van der Waals surface area contributed by atoms with E-state index in [0.29, 0.717) is 6.54 Å². The SMILES string of the molecule is CC1CCN(C(=O)NCc2nccs2)CC1. The molecule has 1 aliphatic heterocycles. The average molecular weight is 239 g/mol. The Labute approximate surface area is 99.7 Å². The van der Waals surface area contributed by atoms with Crippen LogP contribution >= 0.6 is 11.3 Å². The van der Waals surface area contributed by atoms with E-state index in [1.165, 1.54) is 0 Å².